The average molecular weight is 619 g/mol. The number of hydrogen-bond donors (Lipinski definition) is 4. The molecule has 4 N–H and O–H groups in total. The zero-order chi connectivity index (χ0) is 31.5. The fourth-order valence-electron chi connectivity index (χ4n) is 6.63. The molecule has 1 unspecified atom stereocenters. The summed E-state index contributed by atoms with van der Waals surface area (Å²) >= 11 is 0. The van der Waals surface area contributed by atoms with E-state index in [9.17, 15) is 9.59 Å². The molecule has 2 saturated heterocycles. The molecule has 4 aromatic rings. The van der Waals surface area contributed by atoms with Gasteiger partial charge in [0, 0.05) is 23.9 Å². The van der Waals surface area contributed by atoms with Gasteiger partial charge in [0.1, 0.15) is 17.7 Å². The number of ether oxygens (including phenoxy) is 1. The van der Waals surface area contributed by atoms with Crippen LogP contribution in [0.15, 0.2) is 84.1 Å². The molecule has 7 rings (SSSR count). The highest BCUT2D eigenvalue weighted by Gasteiger charge is 2.39. The first kappa shape index (κ1) is 29.7. The predicted octanol–water partition coefficient (Wildman–Crippen LogP) is 4.69. The van der Waals surface area contributed by atoms with Crippen molar-refractivity contribution in [2.24, 2.45) is 4.99 Å². The molecule has 11 heteroatoms. The minimum absolute atomic E-state index is 0.0129. The second-order valence-electron chi connectivity index (χ2n) is 12.0. The number of alkyl carbamates (subject to hydrolysis) is 1. The van der Waals surface area contributed by atoms with Crippen LogP contribution in [-0.2, 0) is 9.53 Å². The third kappa shape index (κ3) is 6.10. The molecule has 0 aliphatic carbocycles. The van der Waals surface area contributed by atoms with E-state index in [1.54, 1.807) is 0 Å². The minimum atomic E-state index is -0.839. The van der Waals surface area contributed by atoms with Crippen LogP contribution in [0.5, 0.6) is 0 Å². The molecule has 5 heterocycles. The SMILES string of the molecule is COC(=O)N[C@@H](C(=O)N1CCC[C@H]1C1=NCC(c2ccc(-c3ccc(-c4cnc([C@@H]5CCCN5)[nH]4)cn3)cc2)N1)c1ccccc1. The van der Waals surface area contributed by atoms with Gasteiger partial charge in [-0.2, -0.15) is 0 Å². The topological polar surface area (TPSA) is 137 Å². The number of amides is 2. The summed E-state index contributed by atoms with van der Waals surface area (Å²) in [6.07, 6.45) is 7.07. The Morgan fingerprint density at radius 2 is 1.76 bits per heavy atom. The third-order valence-corrected chi connectivity index (χ3v) is 9.11. The van der Waals surface area contributed by atoms with E-state index >= 15 is 0 Å². The van der Waals surface area contributed by atoms with Crippen molar-refractivity contribution in [1.82, 2.24) is 35.8 Å². The fourth-order valence-corrected chi connectivity index (χ4v) is 6.63. The normalized spacial score (nSPS) is 21.5. The maximum Gasteiger partial charge on any atom is 0.407 e. The molecule has 4 atom stereocenters. The first-order chi connectivity index (χ1) is 22.6. The summed E-state index contributed by atoms with van der Waals surface area (Å²) < 4.78 is 4.82. The Labute approximate surface area is 267 Å². The lowest BCUT2D eigenvalue weighted by Gasteiger charge is -2.30. The Morgan fingerprint density at radius 3 is 2.50 bits per heavy atom. The standard InChI is InChI=1S/C35H38N8O3/c1-46-35(45)42-31(24-7-3-2-4-8-24)34(44)43-18-6-10-30(43)33-39-20-28(41-33)23-13-11-22(12-14-23)26-16-15-25(19-37-26)29-21-38-32(40-29)27-9-5-17-36-27/h2-4,7-8,11-16,19,21,27-28,30-31,36H,5-6,9-10,17-18,20H2,1H3,(H,38,40)(H,39,41)(H,42,45)/t27-,28?,30-,31+/m0/s1. The fraction of sp³-hybridized carbons (Fsp3) is 0.343. The molecule has 3 aliphatic rings. The first-order valence-electron chi connectivity index (χ1n) is 15.9. The number of nitrogens with zero attached hydrogens (tertiary/aromatic N) is 4. The van der Waals surface area contributed by atoms with Gasteiger partial charge >= 0.3 is 6.09 Å². The highest BCUT2D eigenvalue weighted by molar-refractivity contribution is 5.95. The maximum atomic E-state index is 13.8. The monoisotopic (exact) mass is 618 g/mol. The lowest BCUT2D eigenvalue weighted by Crippen LogP contribution is -2.49. The molecule has 2 aromatic heterocycles. The first-order valence-corrected chi connectivity index (χ1v) is 15.9. The van der Waals surface area contributed by atoms with Crippen LogP contribution in [0.2, 0.25) is 0 Å². The van der Waals surface area contributed by atoms with E-state index in [1.165, 1.54) is 13.5 Å². The number of benzene rings is 2. The number of rotatable bonds is 8. The molecule has 2 fully saturated rings. The van der Waals surface area contributed by atoms with E-state index in [-0.39, 0.29) is 18.0 Å². The van der Waals surface area contributed by atoms with Gasteiger partial charge in [0.05, 0.1) is 49.4 Å². The van der Waals surface area contributed by atoms with Gasteiger partial charge in [-0.3, -0.25) is 14.8 Å². The van der Waals surface area contributed by atoms with Gasteiger partial charge in [-0.15, -0.1) is 0 Å². The van der Waals surface area contributed by atoms with Crippen LogP contribution in [0.1, 0.15) is 60.8 Å². The zero-order valence-electron chi connectivity index (χ0n) is 25.8. The Bertz CT molecular complexity index is 1700. The molecule has 0 radical (unpaired) electrons. The number of pyridine rings is 1. The molecular formula is C35H38N8O3. The molecule has 3 aliphatic heterocycles. The van der Waals surface area contributed by atoms with Crippen LogP contribution in [0.25, 0.3) is 22.5 Å². The van der Waals surface area contributed by atoms with Gasteiger partial charge in [-0.25, -0.2) is 9.78 Å². The van der Waals surface area contributed by atoms with E-state index in [1.807, 2.05) is 53.7 Å². The molecule has 0 bridgehead atoms. The van der Waals surface area contributed by atoms with Crippen LogP contribution in [-0.4, -0.2) is 70.5 Å². The summed E-state index contributed by atoms with van der Waals surface area (Å²) in [4.78, 5) is 45.4. The molecule has 0 spiro atoms. The summed E-state index contributed by atoms with van der Waals surface area (Å²) in [6.45, 7) is 2.22. The Morgan fingerprint density at radius 1 is 0.935 bits per heavy atom. The van der Waals surface area contributed by atoms with Gasteiger partial charge in [-0.05, 0) is 55.5 Å². The van der Waals surface area contributed by atoms with Crippen molar-refractivity contribution >= 4 is 17.8 Å². The van der Waals surface area contributed by atoms with Crippen molar-refractivity contribution in [3.63, 3.8) is 0 Å². The molecule has 0 saturated carbocycles. The van der Waals surface area contributed by atoms with Crippen molar-refractivity contribution in [2.45, 2.75) is 49.9 Å². The number of aromatic amines is 1. The summed E-state index contributed by atoms with van der Waals surface area (Å²) in [5, 5.41) is 9.79. The van der Waals surface area contributed by atoms with E-state index in [4.69, 9.17) is 14.7 Å². The van der Waals surface area contributed by atoms with Crippen molar-refractivity contribution < 1.29 is 14.3 Å². The van der Waals surface area contributed by atoms with E-state index in [2.05, 4.69) is 56.3 Å². The Hall–Kier alpha value is -5.03. The third-order valence-electron chi connectivity index (χ3n) is 9.11. The number of carbonyl (C=O) groups is 2. The van der Waals surface area contributed by atoms with E-state index < -0.39 is 12.1 Å². The van der Waals surface area contributed by atoms with Gasteiger partial charge in [0.2, 0.25) is 0 Å². The lowest BCUT2D eigenvalue weighted by molar-refractivity contribution is -0.133. The quantitative estimate of drug-likeness (QED) is 0.225. The van der Waals surface area contributed by atoms with Gasteiger partial charge in [-0.1, -0.05) is 54.6 Å². The smallest absolute Gasteiger partial charge is 0.407 e. The van der Waals surface area contributed by atoms with Gasteiger partial charge in [0.25, 0.3) is 5.91 Å². The second-order valence-corrected chi connectivity index (χ2v) is 12.0. The minimum Gasteiger partial charge on any atom is -0.453 e. The predicted molar refractivity (Wildman–Crippen MR) is 175 cm³/mol. The number of H-pyrrole nitrogens is 1. The maximum absolute atomic E-state index is 13.8. The lowest BCUT2D eigenvalue weighted by atomic mass is 10.0. The molecule has 2 aromatic carbocycles. The largest absolute Gasteiger partial charge is 0.453 e. The Balaban J connectivity index is 0.994. The molecule has 46 heavy (non-hydrogen) atoms. The van der Waals surface area contributed by atoms with Crippen LogP contribution in [0, 0.1) is 0 Å². The number of hydrogen-bond acceptors (Lipinski definition) is 8. The number of nitrogens with one attached hydrogen (secondary N) is 4. The number of aliphatic imine (C=N–C) groups is 1. The van der Waals surface area contributed by atoms with Crippen molar-refractivity contribution in [3.8, 4) is 22.5 Å². The van der Waals surface area contributed by atoms with Crippen molar-refractivity contribution in [3.05, 3.63) is 96.1 Å². The molecule has 11 nitrogen and oxygen atoms in total. The zero-order valence-corrected chi connectivity index (χ0v) is 25.8. The number of amidine groups is 1. The highest BCUT2D eigenvalue weighted by atomic mass is 16.5. The van der Waals surface area contributed by atoms with E-state index in [0.717, 1.165) is 65.5 Å². The summed E-state index contributed by atoms with van der Waals surface area (Å²) in [5.74, 6) is 1.63. The molecular weight excluding hydrogens is 580 g/mol. The van der Waals surface area contributed by atoms with Crippen molar-refractivity contribution in [2.75, 3.05) is 26.7 Å². The Kier molecular flexibility index (Phi) is 8.47. The van der Waals surface area contributed by atoms with Crippen LogP contribution >= 0.6 is 0 Å². The van der Waals surface area contributed by atoms with Crippen LogP contribution in [0.3, 0.4) is 0 Å². The average Bonchev–Trinajstić information content (AvgIpc) is 3.94. The van der Waals surface area contributed by atoms with Crippen LogP contribution < -0.4 is 16.0 Å². The van der Waals surface area contributed by atoms with Crippen molar-refractivity contribution in [1.29, 1.82) is 0 Å². The highest BCUT2D eigenvalue weighted by Crippen LogP contribution is 2.29. The number of methoxy groups -OCH3 is 1. The molecule has 236 valence electrons. The summed E-state index contributed by atoms with van der Waals surface area (Å²) in [5.41, 5.74) is 5.74. The summed E-state index contributed by atoms with van der Waals surface area (Å²) in [6, 6.07) is 21.1. The van der Waals surface area contributed by atoms with E-state index in [0.29, 0.717) is 24.7 Å². The second kappa shape index (κ2) is 13.1. The number of imidazole rings is 1. The van der Waals surface area contributed by atoms with Gasteiger partial charge in [0.15, 0.2) is 0 Å². The molecule has 2 amide bonds. The number of aromatic nitrogens is 3. The number of likely N-dealkylation sites (tertiary alicyclic amines) is 1. The summed E-state index contributed by atoms with van der Waals surface area (Å²) in [7, 11) is 1.29. The number of carbonyl (C=O) groups excluding carboxylic acids is 2. The van der Waals surface area contributed by atoms with Gasteiger partial charge < -0.3 is 30.6 Å². The van der Waals surface area contributed by atoms with Crippen LogP contribution in [0.4, 0.5) is 4.79 Å².